The van der Waals surface area contributed by atoms with E-state index < -0.39 is 5.97 Å². The lowest BCUT2D eigenvalue weighted by Crippen LogP contribution is -2.14. The van der Waals surface area contributed by atoms with Gasteiger partial charge in [0.15, 0.2) is 0 Å². The molecule has 1 N–H and O–H groups in total. The summed E-state index contributed by atoms with van der Waals surface area (Å²) < 4.78 is 1.07. The summed E-state index contributed by atoms with van der Waals surface area (Å²) in [5.41, 5.74) is 2.34. The second-order valence-electron chi connectivity index (χ2n) is 6.66. The highest BCUT2D eigenvalue weighted by Crippen LogP contribution is 2.40. The molecule has 0 aliphatic heterocycles. The molecule has 0 amide bonds. The molecule has 2 nitrogen and oxygen atoms in total. The number of rotatable bonds is 7. The monoisotopic (exact) mass is 378 g/mol. The van der Waals surface area contributed by atoms with Gasteiger partial charge in [-0.15, -0.1) is 0 Å². The molecule has 0 saturated heterocycles. The normalized spacial score (nSPS) is 21.7. The van der Waals surface area contributed by atoms with E-state index in [1.54, 1.807) is 6.08 Å². The van der Waals surface area contributed by atoms with Crippen LogP contribution in [-0.4, -0.2) is 11.1 Å². The molecule has 0 radical (unpaired) electrons. The molecule has 1 fully saturated rings. The van der Waals surface area contributed by atoms with Crippen molar-refractivity contribution in [3.63, 3.8) is 0 Å². The lowest BCUT2D eigenvalue weighted by atomic mass is 9.76. The highest BCUT2D eigenvalue weighted by atomic mass is 79.9. The molecule has 0 bridgehead atoms. The van der Waals surface area contributed by atoms with E-state index in [4.69, 9.17) is 5.11 Å². The Morgan fingerprint density at radius 2 is 2.00 bits per heavy atom. The number of aliphatic carboxylic acids is 1. The van der Waals surface area contributed by atoms with E-state index >= 15 is 0 Å². The van der Waals surface area contributed by atoms with Crippen LogP contribution in [0.5, 0.6) is 0 Å². The fourth-order valence-electron chi connectivity index (χ4n) is 3.66. The second kappa shape index (κ2) is 9.27. The van der Waals surface area contributed by atoms with Gasteiger partial charge in [0, 0.05) is 10.5 Å². The number of unbranched alkanes of at least 4 members (excludes halogenated alkanes) is 2. The number of hydrogen-bond donors (Lipinski definition) is 1. The quantitative estimate of drug-likeness (QED) is 0.440. The van der Waals surface area contributed by atoms with Crippen molar-refractivity contribution in [2.45, 2.75) is 64.2 Å². The van der Waals surface area contributed by atoms with Crippen molar-refractivity contribution in [1.29, 1.82) is 0 Å². The molecule has 1 aliphatic rings. The van der Waals surface area contributed by atoms with Crippen molar-refractivity contribution in [2.24, 2.45) is 5.92 Å². The van der Waals surface area contributed by atoms with Crippen molar-refractivity contribution < 1.29 is 9.90 Å². The molecular formula is C20H27BrO2. The standard InChI is InChI=1S/C20H27BrO2/c1-2-3-4-5-15-6-8-16(9-7-15)19-14-18(21)12-10-17(19)11-13-20(22)23/h10-16H,2-9H2,1H3,(H,22,23)/b13-11+. The van der Waals surface area contributed by atoms with E-state index in [9.17, 15) is 4.79 Å². The highest BCUT2D eigenvalue weighted by Gasteiger charge is 2.23. The smallest absolute Gasteiger partial charge is 0.328 e. The van der Waals surface area contributed by atoms with Gasteiger partial charge in [0.05, 0.1) is 0 Å². The average molecular weight is 379 g/mol. The topological polar surface area (TPSA) is 37.3 Å². The summed E-state index contributed by atoms with van der Waals surface area (Å²) in [6.45, 7) is 2.26. The maximum absolute atomic E-state index is 10.8. The van der Waals surface area contributed by atoms with Crippen LogP contribution < -0.4 is 0 Å². The number of halogens is 1. The van der Waals surface area contributed by atoms with Crippen LogP contribution in [0.15, 0.2) is 28.7 Å². The van der Waals surface area contributed by atoms with Gasteiger partial charge in [-0.3, -0.25) is 0 Å². The predicted molar refractivity (Wildman–Crippen MR) is 99.7 cm³/mol. The minimum atomic E-state index is -0.890. The van der Waals surface area contributed by atoms with E-state index in [1.165, 1.54) is 63.0 Å². The lowest BCUT2D eigenvalue weighted by molar-refractivity contribution is -0.131. The van der Waals surface area contributed by atoms with E-state index in [2.05, 4.69) is 28.9 Å². The van der Waals surface area contributed by atoms with Gasteiger partial charge in [0.1, 0.15) is 0 Å². The Kier molecular flexibility index (Phi) is 7.35. The molecule has 0 heterocycles. The number of carbonyl (C=O) groups is 1. The first-order valence-electron chi connectivity index (χ1n) is 8.80. The zero-order valence-electron chi connectivity index (χ0n) is 13.9. The van der Waals surface area contributed by atoms with Crippen molar-refractivity contribution in [1.82, 2.24) is 0 Å². The third-order valence-electron chi connectivity index (χ3n) is 4.96. The van der Waals surface area contributed by atoms with Crippen molar-refractivity contribution in [3.8, 4) is 0 Å². The van der Waals surface area contributed by atoms with E-state index in [-0.39, 0.29) is 0 Å². The first-order valence-corrected chi connectivity index (χ1v) is 9.60. The Hall–Kier alpha value is -1.09. The Labute approximate surface area is 148 Å². The Bertz CT molecular complexity index is 543. The molecule has 0 unspecified atom stereocenters. The molecule has 0 spiro atoms. The molecule has 1 aromatic carbocycles. The van der Waals surface area contributed by atoms with E-state index in [0.717, 1.165) is 16.0 Å². The summed E-state index contributed by atoms with van der Waals surface area (Å²) in [7, 11) is 0. The van der Waals surface area contributed by atoms with Crippen LogP contribution in [0.4, 0.5) is 0 Å². The summed E-state index contributed by atoms with van der Waals surface area (Å²) in [6, 6.07) is 6.18. The van der Waals surface area contributed by atoms with Gasteiger partial charge in [0.2, 0.25) is 0 Å². The van der Waals surface area contributed by atoms with Gasteiger partial charge in [-0.05, 0) is 66.9 Å². The number of carboxylic acids is 1. The summed E-state index contributed by atoms with van der Waals surface area (Å²) in [5, 5.41) is 8.87. The Balaban J connectivity index is 2.02. The number of benzene rings is 1. The van der Waals surface area contributed by atoms with Crippen LogP contribution >= 0.6 is 15.9 Å². The van der Waals surface area contributed by atoms with Gasteiger partial charge in [-0.25, -0.2) is 4.79 Å². The van der Waals surface area contributed by atoms with Crippen molar-refractivity contribution in [3.05, 3.63) is 39.9 Å². The fraction of sp³-hybridized carbons (Fsp3) is 0.550. The predicted octanol–water partition coefficient (Wildman–Crippen LogP) is 6.40. The van der Waals surface area contributed by atoms with Crippen LogP contribution in [0, 0.1) is 5.92 Å². The van der Waals surface area contributed by atoms with Gasteiger partial charge < -0.3 is 5.11 Å². The highest BCUT2D eigenvalue weighted by molar-refractivity contribution is 9.10. The van der Waals surface area contributed by atoms with Gasteiger partial charge in [-0.1, -0.05) is 54.6 Å². The van der Waals surface area contributed by atoms with Gasteiger partial charge in [0.25, 0.3) is 0 Å². The zero-order valence-corrected chi connectivity index (χ0v) is 15.5. The van der Waals surface area contributed by atoms with E-state index in [0.29, 0.717) is 5.92 Å². The summed E-state index contributed by atoms with van der Waals surface area (Å²) in [5.74, 6) is 0.560. The fourth-order valence-corrected chi connectivity index (χ4v) is 4.04. The zero-order chi connectivity index (χ0) is 16.7. The van der Waals surface area contributed by atoms with Crippen LogP contribution in [-0.2, 0) is 4.79 Å². The van der Waals surface area contributed by atoms with Crippen molar-refractivity contribution >= 4 is 28.0 Å². The molecule has 1 aromatic rings. The first kappa shape index (κ1) is 18.3. The van der Waals surface area contributed by atoms with Gasteiger partial charge in [-0.2, -0.15) is 0 Å². The van der Waals surface area contributed by atoms with Crippen LogP contribution in [0.2, 0.25) is 0 Å². The molecule has 3 heteroatoms. The molecule has 2 rings (SSSR count). The second-order valence-corrected chi connectivity index (χ2v) is 7.57. The largest absolute Gasteiger partial charge is 0.478 e. The summed E-state index contributed by atoms with van der Waals surface area (Å²) >= 11 is 3.56. The third kappa shape index (κ3) is 5.80. The molecular weight excluding hydrogens is 352 g/mol. The van der Waals surface area contributed by atoms with Crippen LogP contribution in [0.1, 0.15) is 75.3 Å². The lowest BCUT2D eigenvalue weighted by Gasteiger charge is -2.30. The van der Waals surface area contributed by atoms with Crippen LogP contribution in [0.3, 0.4) is 0 Å². The summed E-state index contributed by atoms with van der Waals surface area (Å²) in [4.78, 5) is 10.8. The SMILES string of the molecule is CCCCCC1CCC(c2cc(Br)ccc2/C=C/C(=O)O)CC1. The number of carboxylic acid groups (broad SMARTS) is 1. The average Bonchev–Trinajstić information content (AvgIpc) is 2.54. The molecule has 0 atom stereocenters. The Morgan fingerprint density at radius 3 is 2.65 bits per heavy atom. The number of hydrogen-bond acceptors (Lipinski definition) is 1. The minimum Gasteiger partial charge on any atom is -0.478 e. The molecule has 23 heavy (non-hydrogen) atoms. The van der Waals surface area contributed by atoms with E-state index in [1.807, 2.05) is 12.1 Å². The molecule has 126 valence electrons. The third-order valence-corrected chi connectivity index (χ3v) is 5.45. The molecule has 0 aromatic heterocycles. The molecule has 1 saturated carbocycles. The maximum atomic E-state index is 10.8. The summed E-state index contributed by atoms with van der Waals surface area (Å²) in [6.07, 6.45) is 13.4. The Morgan fingerprint density at radius 1 is 1.26 bits per heavy atom. The maximum Gasteiger partial charge on any atom is 0.328 e. The molecule has 1 aliphatic carbocycles. The first-order chi connectivity index (χ1) is 11.1. The minimum absolute atomic E-state index is 0.559. The van der Waals surface area contributed by atoms with Crippen LogP contribution in [0.25, 0.3) is 6.08 Å². The van der Waals surface area contributed by atoms with Crippen molar-refractivity contribution in [2.75, 3.05) is 0 Å². The van der Waals surface area contributed by atoms with Gasteiger partial charge >= 0.3 is 5.97 Å².